The van der Waals surface area contributed by atoms with Crippen molar-refractivity contribution in [1.82, 2.24) is 10.2 Å². The van der Waals surface area contributed by atoms with Crippen molar-refractivity contribution < 1.29 is 9.53 Å². The van der Waals surface area contributed by atoms with E-state index in [1.165, 1.54) is 0 Å². The molecule has 1 aliphatic rings. The number of rotatable bonds is 7. The van der Waals surface area contributed by atoms with Gasteiger partial charge in [0.2, 0.25) is 5.91 Å². The molecule has 0 aromatic heterocycles. The lowest BCUT2D eigenvalue weighted by molar-refractivity contribution is -0.132. The summed E-state index contributed by atoms with van der Waals surface area (Å²) in [5.41, 5.74) is 0. The second kappa shape index (κ2) is 6.86. The van der Waals surface area contributed by atoms with Crippen molar-refractivity contribution in [2.45, 2.75) is 51.6 Å². The standard InChI is InChI=1S/C12H24N2O2/c1-4-6-7-11-12(15)14(9-13-11)10(5-2)8-16-3/h10-11,13H,4-9H2,1-3H3. The Morgan fingerprint density at radius 1 is 1.56 bits per heavy atom. The molecular formula is C12H24N2O2. The summed E-state index contributed by atoms with van der Waals surface area (Å²) in [6.45, 7) is 5.55. The molecule has 0 aliphatic carbocycles. The van der Waals surface area contributed by atoms with Gasteiger partial charge in [-0.2, -0.15) is 0 Å². The molecule has 1 fully saturated rings. The Morgan fingerprint density at radius 3 is 2.88 bits per heavy atom. The van der Waals surface area contributed by atoms with E-state index in [1.54, 1.807) is 7.11 Å². The van der Waals surface area contributed by atoms with Crippen LogP contribution in [0.3, 0.4) is 0 Å². The van der Waals surface area contributed by atoms with Gasteiger partial charge in [0.05, 0.1) is 25.4 Å². The number of carbonyl (C=O) groups excluding carboxylic acids is 1. The fourth-order valence-electron chi connectivity index (χ4n) is 2.14. The van der Waals surface area contributed by atoms with Crippen molar-refractivity contribution >= 4 is 5.91 Å². The predicted molar refractivity (Wildman–Crippen MR) is 64.1 cm³/mol. The SMILES string of the molecule is CCCCC1NCN(C(CC)COC)C1=O. The van der Waals surface area contributed by atoms with Crippen LogP contribution in [0.15, 0.2) is 0 Å². The smallest absolute Gasteiger partial charge is 0.241 e. The van der Waals surface area contributed by atoms with Gasteiger partial charge in [-0.25, -0.2) is 0 Å². The molecule has 0 bridgehead atoms. The van der Waals surface area contributed by atoms with Gasteiger partial charge in [0.1, 0.15) is 0 Å². The number of ether oxygens (including phenoxy) is 1. The Labute approximate surface area is 98.3 Å². The van der Waals surface area contributed by atoms with Crippen LogP contribution in [0.1, 0.15) is 39.5 Å². The van der Waals surface area contributed by atoms with Gasteiger partial charge >= 0.3 is 0 Å². The minimum atomic E-state index is 0.0332. The van der Waals surface area contributed by atoms with E-state index < -0.39 is 0 Å². The summed E-state index contributed by atoms with van der Waals surface area (Å²) < 4.78 is 5.15. The fraction of sp³-hybridized carbons (Fsp3) is 0.917. The highest BCUT2D eigenvalue weighted by Crippen LogP contribution is 2.15. The van der Waals surface area contributed by atoms with Crippen molar-refractivity contribution in [3.63, 3.8) is 0 Å². The van der Waals surface area contributed by atoms with Gasteiger partial charge in [-0.1, -0.05) is 26.7 Å². The summed E-state index contributed by atoms with van der Waals surface area (Å²) in [6.07, 6.45) is 4.15. The van der Waals surface area contributed by atoms with E-state index >= 15 is 0 Å². The minimum Gasteiger partial charge on any atom is -0.383 e. The topological polar surface area (TPSA) is 41.6 Å². The molecule has 1 aliphatic heterocycles. The van der Waals surface area contributed by atoms with Crippen molar-refractivity contribution in [3.8, 4) is 0 Å². The highest BCUT2D eigenvalue weighted by Gasteiger charge is 2.34. The molecule has 0 aromatic carbocycles. The predicted octanol–water partition coefficient (Wildman–Crippen LogP) is 1.36. The van der Waals surface area contributed by atoms with Crippen molar-refractivity contribution in [2.75, 3.05) is 20.4 Å². The van der Waals surface area contributed by atoms with E-state index in [9.17, 15) is 4.79 Å². The molecule has 0 aromatic rings. The van der Waals surface area contributed by atoms with E-state index in [-0.39, 0.29) is 18.0 Å². The first kappa shape index (κ1) is 13.5. The number of unbranched alkanes of at least 4 members (excludes halogenated alkanes) is 1. The summed E-state index contributed by atoms with van der Waals surface area (Å²) >= 11 is 0. The van der Waals surface area contributed by atoms with E-state index in [0.717, 1.165) is 25.7 Å². The van der Waals surface area contributed by atoms with Gasteiger partial charge in [-0.3, -0.25) is 10.1 Å². The van der Waals surface area contributed by atoms with Gasteiger partial charge < -0.3 is 9.64 Å². The van der Waals surface area contributed by atoms with Gasteiger partial charge in [0, 0.05) is 7.11 Å². The van der Waals surface area contributed by atoms with Crippen LogP contribution in [0.4, 0.5) is 0 Å². The molecule has 1 rings (SSSR count). The van der Waals surface area contributed by atoms with Crippen molar-refractivity contribution in [2.24, 2.45) is 0 Å². The number of hydrogen-bond donors (Lipinski definition) is 1. The Bertz CT molecular complexity index is 221. The molecule has 16 heavy (non-hydrogen) atoms. The second-order valence-corrected chi connectivity index (χ2v) is 4.38. The molecule has 4 heteroatoms. The third-order valence-corrected chi connectivity index (χ3v) is 3.21. The van der Waals surface area contributed by atoms with Crippen LogP contribution in [0, 0.1) is 0 Å². The van der Waals surface area contributed by atoms with Crippen LogP contribution in [-0.4, -0.2) is 43.3 Å². The highest BCUT2D eigenvalue weighted by atomic mass is 16.5. The Balaban J connectivity index is 2.48. The maximum Gasteiger partial charge on any atom is 0.241 e. The minimum absolute atomic E-state index is 0.0332. The molecule has 1 amide bonds. The quantitative estimate of drug-likeness (QED) is 0.715. The molecule has 2 unspecified atom stereocenters. The molecular weight excluding hydrogens is 204 g/mol. The normalized spacial score (nSPS) is 22.8. The summed E-state index contributed by atoms with van der Waals surface area (Å²) in [5, 5.41) is 3.29. The number of methoxy groups -OCH3 is 1. The molecule has 0 spiro atoms. The van der Waals surface area contributed by atoms with Gasteiger partial charge in [0.25, 0.3) is 0 Å². The average Bonchev–Trinajstić information content (AvgIpc) is 2.65. The third kappa shape index (κ3) is 3.19. The van der Waals surface area contributed by atoms with Gasteiger partial charge in [-0.05, 0) is 12.8 Å². The molecule has 0 radical (unpaired) electrons. The second-order valence-electron chi connectivity index (χ2n) is 4.38. The molecule has 1 N–H and O–H groups in total. The van der Waals surface area contributed by atoms with Gasteiger partial charge in [0.15, 0.2) is 0 Å². The number of nitrogens with one attached hydrogen (secondary N) is 1. The van der Waals surface area contributed by atoms with Crippen LogP contribution in [0.5, 0.6) is 0 Å². The first-order valence-corrected chi connectivity index (χ1v) is 6.27. The Hall–Kier alpha value is -0.610. The van der Waals surface area contributed by atoms with E-state index in [4.69, 9.17) is 4.74 Å². The van der Waals surface area contributed by atoms with Crippen molar-refractivity contribution in [1.29, 1.82) is 0 Å². The maximum atomic E-state index is 12.1. The summed E-state index contributed by atoms with van der Waals surface area (Å²) in [7, 11) is 1.69. The molecule has 2 atom stereocenters. The zero-order valence-corrected chi connectivity index (χ0v) is 10.7. The van der Waals surface area contributed by atoms with E-state index in [2.05, 4.69) is 19.2 Å². The Morgan fingerprint density at radius 2 is 2.31 bits per heavy atom. The molecule has 0 saturated carbocycles. The zero-order valence-electron chi connectivity index (χ0n) is 10.7. The monoisotopic (exact) mass is 228 g/mol. The number of nitrogens with zero attached hydrogens (tertiary/aromatic N) is 1. The van der Waals surface area contributed by atoms with Crippen LogP contribution in [0.25, 0.3) is 0 Å². The van der Waals surface area contributed by atoms with Crippen LogP contribution in [-0.2, 0) is 9.53 Å². The lowest BCUT2D eigenvalue weighted by atomic mass is 10.1. The van der Waals surface area contributed by atoms with E-state index in [1.807, 2.05) is 4.90 Å². The molecule has 94 valence electrons. The lowest BCUT2D eigenvalue weighted by Gasteiger charge is -2.25. The van der Waals surface area contributed by atoms with Crippen LogP contribution < -0.4 is 5.32 Å². The lowest BCUT2D eigenvalue weighted by Crippen LogP contribution is -2.40. The van der Waals surface area contributed by atoms with Gasteiger partial charge in [-0.15, -0.1) is 0 Å². The first-order chi connectivity index (χ1) is 7.74. The van der Waals surface area contributed by atoms with Crippen LogP contribution in [0.2, 0.25) is 0 Å². The fourth-order valence-corrected chi connectivity index (χ4v) is 2.14. The Kier molecular flexibility index (Phi) is 5.77. The number of amides is 1. The number of carbonyl (C=O) groups is 1. The summed E-state index contributed by atoms with van der Waals surface area (Å²) in [5.74, 6) is 0.248. The highest BCUT2D eigenvalue weighted by molar-refractivity contribution is 5.84. The molecule has 1 heterocycles. The molecule has 4 nitrogen and oxygen atoms in total. The average molecular weight is 228 g/mol. The first-order valence-electron chi connectivity index (χ1n) is 6.27. The van der Waals surface area contributed by atoms with Crippen LogP contribution >= 0.6 is 0 Å². The zero-order chi connectivity index (χ0) is 12.0. The largest absolute Gasteiger partial charge is 0.383 e. The summed E-state index contributed by atoms with van der Waals surface area (Å²) in [4.78, 5) is 14.0. The van der Waals surface area contributed by atoms with Crippen molar-refractivity contribution in [3.05, 3.63) is 0 Å². The number of hydrogen-bond acceptors (Lipinski definition) is 3. The third-order valence-electron chi connectivity index (χ3n) is 3.21. The summed E-state index contributed by atoms with van der Waals surface area (Å²) in [6, 6.07) is 0.252. The van der Waals surface area contributed by atoms with E-state index in [0.29, 0.717) is 13.3 Å². The molecule has 1 saturated heterocycles. The maximum absolute atomic E-state index is 12.1.